The molecule has 1 aliphatic heterocycles. The van der Waals surface area contributed by atoms with Gasteiger partial charge in [-0.05, 0) is 60.0 Å². The van der Waals surface area contributed by atoms with Gasteiger partial charge in [-0.3, -0.25) is 14.6 Å². The number of hydrogen-bond acceptors (Lipinski definition) is 5. The van der Waals surface area contributed by atoms with Crippen LogP contribution in [0.1, 0.15) is 22.7 Å². The molecule has 1 atom stereocenters. The highest BCUT2D eigenvalue weighted by Crippen LogP contribution is 2.40. The van der Waals surface area contributed by atoms with Crippen LogP contribution in [-0.4, -0.2) is 40.3 Å². The molecule has 168 valence electrons. The summed E-state index contributed by atoms with van der Waals surface area (Å²) in [4.78, 5) is 31.4. The fourth-order valence-corrected chi connectivity index (χ4v) is 3.91. The summed E-state index contributed by atoms with van der Waals surface area (Å²) >= 11 is 0. The number of carbonyl (C=O) groups is 2. The van der Waals surface area contributed by atoms with Crippen LogP contribution in [0.4, 0.5) is 8.78 Å². The summed E-state index contributed by atoms with van der Waals surface area (Å²) in [5.74, 6) is -3.07. The minimum atomic E-state index is -0.915. The Kier molecular flexibility index (Phi) is 6.17. The van der Waals surface area contributed by atoms with Crippen molar-refractivity contribution in [1.82, 2.24) is 9.88 Å². The van der Waals surface area contributed by atoms with Crippen molar-refractivity contribution in [3.63, 3.8) is 0 Å². The lowest BCUT2D eigenvalue weighted by atomic mass is 9.95. The molecule has 1 N–H and O–H groups in total. The number of aliphatic hydroxyl groups excluding tert-OH is 1. The van der Waals surface area contributed by atoms with E-state index in [0.29, 0.717) is 12.0 Å². The van der Waals surface area contributed by atoms with Gasteiger partial charge < -0.3 is 14.7 Å². The predicted molar refractivity (Wildman–Crippen MR) is 116 cm³/mol. The molecule has 0 saturated carbocycles. The topological polar surface area (TPSA) is 79.7 Å². The van der Waals surface area contributed by atoms with Crippen LogP contribution in [0.25, 0.3) is 5.76 Å². The van der Waals surface area contributed by atoms with E-state index in [0.717, 1.165) is 17.7 Å². The van der Waals surface area contributed by atoms with E-state index in [1.54, 1.807) is 24.3 Å². The molecule has 0 bridgehead atoms. The van der Waals surface area contributed by atoms with Crippen LogP contribution in [0.3, 0.4) is 0 Å². The molecule has 2 heterocycles. The maximum absolute atomic E-state index is 14.0. The standard InChI is InChI=1S/C25H20F2N2O4/c1-33-20-7-6-18(27)14-19(20)23(30)21-22(16-8-11-28-12-9-16)29(25(32)24(21)31)13-10-15-2-4-17(26)5-3-15/h2-9,11-12,14,22,30H,10,13H2,1H3/b23-21+. The van der Waals surface area contributed by atoms with Crippen LogP contribution in [0.5, 0.6) is 5.75 Å². The molecule has 1 amide bonds. The average molecular weight is 450 g/mol. The first-order valence-corrected chi connectivity index (χ1v) is 10.2. The predicted octanol–water partition coefficient (Wildman–Crippen LogP) is 4.03. The number of likely N-dealkylation sites (tertiary alicyclic amines) is 1. The highest BCUT2D eigenvalue weighted by Gasteiger charge is 2.46. The van der Waals surface area contributed by atoms with E-state index in [1.165, 1.54) is 42.6 Å². The fourth-order valence-electron chi connectivity index (χ4n) is 3.91. The number of methoxy groups -OCH3 is 1. The lowest BCUT2D eigenvalue weighted by molar-refractivity contribution is -0.139. The average Bonchev–Trinajstić information content (AvgIpc) is 3.08. The Bertz CT molecular complexity index is 1230. The molecule has 0 aliphatic carbocycles. The van der Waals surface area contributed by atoms with Gasteiger partial charge in [-0.25, -0.2) is 8.78 Å². The molecule has 2 aromatic carbocycles. The molecule has 1 unspecified atom stereocenters. The Labute approximate surface area is 188 Å². The Balaban J connectivity index is 1.80. The second kappa shape index (κ2) is 9.20. The lowest BCUT2D eigenvalue weighted by Gasteiger charge is -2.25. The molecule has 1 aliphatic rings. The molecule has 4 rings (SSSR count). The Morgan fingerprint density at radius 3 is 2.36 bits per heavy atom. The van der Waals surface area contributed by atoms with E-state index in [-0.39, 0.29) is 29.2 Å². The number of ether oxygens (including phenoxy) is 1. The number of hydrogen-bond donors (Lipinski definition) is 1. The quantitative estimate of drug-likeness (QED) is 0.349. The number of amides is 1. The minimum absolute atomic E-state index is 0.0342. The molecule has 1 saturated heterocycles. The second-order valence-corrected chi connectivity index (χ2v) is 7.49. The second-order valence-electron chi connectivity index (χ2n) is 7.49. The van der Waals surface area contributed by atoms with Crippen molar-refractivity contribution < 1.29 is 28.2 Å². The Morgan fingerprint density at radius 2 is 1.70 bits per heavy atom. The van der Waals surface area contributed by atoms with Crippen molar-refractivity contribution in [3.05, 3.63) is 101 Å². The van der Waals surface area contributed by atoms with Crippen molar-refractivity contribution in [2.75, 3.05) is 13.7 Å². The summed E-state index contributed by atoms with van der Waals surface area (Å²) in [6.45, 7) is 0.139. The zero-order chi connectivity index (χ0) is 23.5. The van der Waals surface area contributed by atoms with Crippen LogP contribution >= 0.6 is 0 Å². The molecule has 6 nitrogen and oxygen atoms in total. The third kappa shape index (κ3) is 4.32. The van der Waals surface area contributed by atoms with Gasteiger partial charge in [-0.2, -0.15) is 0 Å². The SMILES string of the molecule is COc1ccc(F)cc1/C(O)=C1\C(=O)C(=O)N(CCc2ccc(F)cc2)C1c1ccncc1. The summed E-state index contributed by atoms with van der Waals surface area (Å²) in [5, 5.41) is 11.1. The summed E-state index contributed by atoms with van der Waals surface area (Å²) in [6.07, 6.45) is 3.38. The largest absolute Gasteiger partial charge is 0.507 e. The van der Waals surface area contributed by atoms with Gasteiger partial charge in [0.15, 0.2) is 0 Å². The maximum Gasteiger partial charge on any atom is 0.295 e. The summed E-state index contributed by atoms with van der Waals surface area (Å²) in [6, 6.07) is 11.7. The highest BCUT2D eigenvalue weighted by atomic mass is 19.1. The Hall–Kier alpha value is -4.07. The molecular weight excluding hydrogens is 430 g/mol. The maximum atomic E-state index is 14.0. The summed E-state index contributed by atoms with van der Waals surface area (Å²) in [7, 11) is 1.35. The lowest BCUT2D eigenvalue weighted by Crippen LogP contribution is -2.31. The van der Waals surface area contributed by atoms with Crippen LogP contribution < -0.4 is 4.74 Å². The number of benzene rings is 2. The third-order valence-electron chi connectivity index (χ3n) is 5.53. The van der Waals surface area contributed by atoms with Gasteiger partial charge >= 0.3 is 0 Å². The normalized spacial score (nSPS) is 17.4. The molecule has 3 aromatic rings. The number of halogens is 2. The fraction of sp³-hybridized carbons (Fsp3) is 0.160. The monoisotopic (exact) mass is 450 g/mol. The van der Waals surface area contributed by atoms with E-state index < -0.39 is 29.3 Å². The zero-order valence-corrected chi connectivity index (χ0v) is 17.7. The van der Waals surface area contributed by atoms with Gasteiger partial charge in [0.2, 0.25) is 0 Å². The molecule has 1 aromatic heterocycles. The first-order valence-electron chi connectivity index (χ1n) is 10.2. The van der Waals surface area contributed by atoms with Crippen LogP contribution in [-0.2, 0) is 16.0 Å². The number of pyridine rings is 1. The van der Waals surface area contributed by atoms with Crippen LogP contribution in [0.15, 0.2) is 72.6 Å². The van der Waals surface area contributed by atoms with E-state index >= 15 is 0 Å². The minimum Gasteiger partial charge on any atom is -0.507 e. The van der Waals surface area contributed by atoms with Crippen molar-refractivity contribution in [2.24, 2.45) is 0 Å². The molecule has 1 fully saturated rings. The number of nitrogens with zero attached hydrogens (tertiary/aromatic N) is 2. The van der Waals surface area contributed by atoms with Gasteiger partial charge in [0.1, 0.15) is 23.1 Å². The zero-order valence-electron chi connectivity index (χ0n) is 17.7. The van der Waals surface area contributed by atoms with Crippen molar-refractivity contribution in [2.45, 2.75) is 12.5 Å². The first kappa shape index (κ1) is 22.1. The van der Waals surface area contributed by atoms with Gasteiger partial charge in [-0.1, -0.05) is 12.1 Å². The van der Waals surface area contributed by atoms with Crippen LogP contribution in [0, 0.1) is 11.6 Å². The molecule has 8 heteroatoms. The molecule has 0 radical (unpaired) electrons. The van der Waals surface area contributed by atoms with Crippen molar-refractivity contribution >= 4 is 17.4 Å². The smallest absolute Gasteiger partial charge is 0.295 e. The number of ketones is 1. The molecular formula is C25H20F2N2O4. The highest BCUT2D eigenvalue weighted by molar-refractivity contribution is 6.46. The van der Waals surface area contributed by atoms with Crippen LogP contribution in [0.2, 0.25) is 0 Å². The van der Waals surface area contributed by atoms with Crippen molar-refractivity contribution in [1.29, 1.82) is 0 Å². The Morgan fingerprint density at radius 1 is 1.03 bits per heavy atom. The van der Waals surface area contributed by atoms with E-state index in [1.807, 2.05) is 0 Å². The van der Waals surface area contributed by atoms with E-state index in [2.05, 4.69) is 4.98 Å². The molecule has 0 spiro atoms. The van der Waals surface area contributed by atoms with Crippen molar-refractivity contribution in [3.8, 4) is 5.75 Å². The first-order chi connectivity index (χ1) is 15.9. The van der Waals surface area contributed by atoms with Gasteiger partial charge in [0, 0.05) is 18.9 Å². The van der Waals surface area contributed by atoms with Gasteiger partial charge in [0.25, 0.3) is 11.7 Å². The third-order valence-corrected chi connectivity index (χ3v) is 5.53. The number of aliphatic hydroxyl groups is 1. The summed E-state index contributed by atoms with van der Waals surface area (Å²) < 4.78 is 32.4. The van der Waals surface area contributed by atoms with Gasteiger partial charge in [0.05, 0.1) is 24.3 Å². The van der Waals surface area contributed by atoms with E-state index in [9.17, 15) is 23.5 Å². The van der Waals surface area contributed by atoms with E-state index in [4.69, 9.17) is 4.74 Å². The van der Waals surface area contributed by atoms with Gasteiger partial charge in [-0.15, -0.1) is 0 Å². The number of Topliss-reactive ketones (excluding diaryl/α,β-unsaturated/α-hetero) is 1. The number of rotatable bonds is 6. The molecule has 33 heavy (non-hydrogen) atoms. The number of carbonyl (C=O) groups excluding carboxylic acids is 2. The summed E-state index contributed by atoms with van der Waals surface area (Å²) in [5.41, 5.74) is 1.13. The number of aromatic nitrogens is 1.